The largest absolute Gasteiger partial charge is 0.370 e. The molecule has 18 heavy (non-hydrogen) atoms. The van der Waals surface area contributed by atoms with Crippen molar-refractivity contribution in [1.29, 1.82) is 0 Å². The zero-order valence-electron chi connectivity index (χ0n) is 12.4. The van der Waals surface area contributed by atoms with Crippen molar-refractivity contribution in [2.45, 2.75) is 53.6 Å². The maximum atomic E-state index is 4.61. The fourth-order valence-electron chi connectivity index (χ4n) is 1.65. The van der Waals surface area contributed by atoms with Crippen LogP contribution in [0.3, 0.4) is 0 Å². The average molecular weight is 249 g/mol. The third-order valence-corrected chi connectivity index (χ3v) is 2.71. The van der Waals surface area contributed by atoms with Crippen molar-refractivity contribution >= 4 is 5.82 Å². The van der Waals surface area contributed by atoms with Gasteiger partial charge in [0.2, 0.25) is 0 Å². The second-order valence-corrected chi connectivity index (χ2v) is 5.52. The normalized spacial score (nSPS) is 11.3. The molecule has 3 heteroatoms. The van der Waals surface area contributed by atoms with E-state index in [1.165, 1.54) is 5.56 Å². The molecule has 0 aliphatic heterocycles. The lowest BCUT2D eigenvalue weighted by atomic mass is 10.1. The summed E-state index contributed by atoms with van der Waals surface area (Å²) in [6.07, 6.45) is 0.978. The van der Waals surface area contributed by atoms with Crippen LogP contribution < -0.4 is 10.6 Å². The van der Waals surface area contributed by atoms with Crippen LogP contribution in [0.15, 0.2) is 12.1 Å². The monoisotopic (exact) mass is 249 g/mol. The van der Waals surface area contributed by atoms with Crippen LogP contribution in [0.1, 0.15) is 45.9 Å². The molecule has 0 radical (unpaired) electrons. The molecule has 0 saturated heterocycles. The Hall–Kier alpha value is -1.09. The molecule has 0 fully saturated rings. The number of aromatic nitrogens is 1. The van der Waals surface area contributed by atoms with E-state index in [0.29, 0.717) is 12.0 Å². The molecule has 1 heterocycles. The van der Waals surface area contributed by atoms with Crippen LogP contribution in [-0.2, 0) is 13.0 Å². The number of hydrogen-bond acceptors (Lipinski definition) is 3. The molecule has 0 amide bonds. The molecule has 0 aliphatic rings. The van der Waals surface area contributed by atoms with Crippen molar-refractivity contribution in [3.8, 4) is 0 Å². The Bertz CT molecular complexity index is 329. The lowest BCUT2D eigenvalue weighted by Gasteiger charge is -2.13. The lowest BCUT2D eigenvalue weighted by Crippen LogP contribution is -2.22. The molecule has 0 aliphatic carbocycles. The summed E-state index contributed by atoms with van der Waals surface area (Å²) in [6, 6.07) is 4.85. The second kappa shape index (κ2) is 7.37. The molecule has 1 rings (SSSR count). The van der Waals surface area contributed by atoms with Crippen molar-refractivity contribution in [3.05, 3.63) is 23.4 Å². The Morgan fingerprint density at radius 2 is 1.89 bits per heavy atom. The highest BCUT2D eigenvalue weighted by Gasteiger charge is 2.03. The van der Waals surface area contributed by atoms with Crippen molar-refractivity contribution in [3.63, 3.8) is 0 Å². The van der Waals surface area contributed by atoms with E-state index in [1.807, 2.05) is 0 Å². The standard InChI is InChI=1S/C15H27N3/c1-6-14-7-13(10-16-12(4)5)8-15(18-14)17-9-11(2)3/h7-8,11-12,16H,6,9-10H2,1-5H3,(H,17,18). The van der Waals surface area contributed by atoms with Crippen molar-refractivity contribution < 1.29 is 0 Å². The number of nitrogens with zero attached hydrogens (tertiary/aromatic N) is 1. The number of nitrogens with one attached hydrogen (secondary N) is 2. The third kappa shape index (κ3) is 5.50. The smallest absolute Gasteiger partial charge is 0.126 e. The molecule has 2 N–H and O–H groups in total. The van der Waals surface area contributed by atoms with Crippen LogP contribution in [0.25, 0.3) is 0 Å². The van der Waals surface area contributed by atoms with Crippen LogP contribution >= 0.6 is 0 Å². The van der Waals surface area contributed by atoms with Gasteiger partial charge in [0.25, 0.3) is 0 Å². The maximum Gasteiger partial charge on any atom is 0.126 e. The van der Waals surface area contributed by atoms with E-state index < -0.39 is 0 Å². The van der Waals surface area contributed by atoms with Gasteiger partial charge in [-0.2, -0.15) is 0 Å². The molecule has 0 aromatic carbocycles. The Balaban J connectivity index is 2.74. The fourth-order valence-corrected chi connectivity index (χ4v) is 1.65. The van der Waals surface area contributed by atoms with Gasteiger partial charge in [0.05, 0.1) is 0 Å². The molecular weight excluding hydrogens is 222 g/mol. The van der Waals surface area contributed by atoms with E-state index in [1.54, 1.807) is 0 Å². The number of anilines is 1. The molecule has 0 unspecified atom stereocenters. The highest BCUT2D eigenvalue weighted by Crippen LogP contribution is 2.12. The quantitative estimate of drug-likeness (QED) is 0.779. The second-order valence-electron chi connectivity index (χ2n) is 5.52. The van der Waals surface area contributed by atoms with Crippen molar-refractivity contribution in [2.24, 2.45) is 5.92 Å². The first-order valence-electron chi connectivity index (χ1n) is 6.98. The van der Waals surface area contributed by atoms with Gasteiger partial charge in [-0.25, -0.2) is 4.98 Å². The Kier molecular flexibility index (Phi) is 6.13. The van der Waals surface area contributed by atoms with E-state index >= 15 is 0 Å². The summed E-state index contributed by atoms with van der Waals surface area (Å²) in [5.41, 5.74) is 2.46. The summed E-state index contributed by atoms with van der Waals surface area (Å²) in [4.78, 5) is 4.61. The van der Waals surface area contributed by atoms with Crippen LogP contribution in [0.5, 0.6) is 0 Å². The summed E-state index contributed by atoms with van der Waals surface area (Å²) in [5.74, 6) is 1.64. The van der Waals surface area contributed by atoms with Gasteiger partial charge in [-0.1, -0.05) is 34.6 Å². The number of hydrogen-bond donors (Lipinski definition) is 2. The van der Waals surface area contributed by atoms with E-state index in [4.69, 9.17) is 0 Å². The first kappa shape index (κ1) is 15.0. The summed E-state index contributed by atoms with van der Waals surface area (Å²) in [5, 5.41) is 6.86. The maximum absolute atomic E-state index is 4.61. The molecular formula is C15H27N3. The first-order valence-corrected chi connectivity index (χ1v) is 6.98. The predicted octanol–water partition coefficient (Wildman–Crippen LogP) is 3.21. The van der Waals surface area contributed by atoms with Crippen molar-refractivity contribution in [1.82, 2.24) is 10.3 Å². The Morgan fingerprint density at radius 1 is 1.17 bits per heavy atom. The summed E-state index contributed by atoms with van der Waals surface area (Å²) in [7, 11) is 0. The zero-order valence-corrected chi connectivity index (χ0v) is 12.4. The number of rotatable bonds is 7. The van der Waals surface area contributed by atoms with Gasteiger partial charge >= 0.3 is 0 Å². The molecule has 3 nitrogen and oxygen atoms in total. The van der Waals surface area contributed by atoms with E-state index in [-0.39, 0.29) is 0 Å². The van der Waals surface area contributed by atoms with Gasteiger partial charge in [-0.15, -0.1) is 0 Å². The zero-order chi connectivity index (χ0) is 13.5. The van der Waals surface area contributed by atoms with Crippen LogP contribution in [-0.4, -0.2) is 17.6 Å². The molecule has 1 aromatic rings. The third-order valence-electron chi connectivity index (χ3n) is 2.71. The average Bonchev–Trinajstić information content (AvgIpc) is 2.33. The predicted molar refractivity (Wildman–Crippen MR) is 78.9 cm³/mol. The molecule has 0 spiro atoms. The number of pyridine rings is 1. The Morgan fingerprint density at radius 3 is 2.44 bits per heavy atom. The summed E-state index contributed by atoms with van der Waals surface area (Å²) in [6.45, 7) is 12.8. The molecule has 0 bridgehead atoms. The molecule has 1 aromatic heterocycles. The van der Waals surface area contributed by atoms with Gasteiger partial charge in [0, 0.05) is 24.8 Å². The Labute approximate surface area is 111 Å². The minimum Gasteiger partial charge on any atom is -0.370 e. The molecule has 102 valence electrons. The minimum atomic E-state index is 0.510. The molecule has 0 saturated carbocycles. The topological polar surface area (TPSA) is 37.0 Å². The van der Waals surface area contributed by atoms with Gasteiger partial charge in [0.15, 0.2) is 0 Å². The van der Waals surface area contributed by atoms with Gasteiger partial charge in [-0.05, 0) is 30.0 Å². The highest BCUT2D eigenvalue weighted by atomic mass is 15.0. The van der Waals surface area contributed by atoms with Crippen LogP contribution in [0, 0.1) is 5.92 Å². The number of aryl methyl sites for hydroxylation is 1. The molecule has 0 atom stereocenters. The minimum absolute atomic E-state index is 0.510. The fraction of sp³-hybridized carbons (Fsp3) is 0.667. The SMILES string of the molecule is CCc1cc(CNC(C)C)cc(NCC(C)C)n1. The van der Waals surface area contributed by atoms with E-state index in [0.717, 1.165) is 31.0 Å². The van der Waals surface area contributed by atoms with Crippen molar-refractivity contribution in [2.75, 3.05) is 11.9 Å². The van der Waals surface area contributed by atoms with Gasteiger partial charge < -0.3 is 10.6 Å². The lowest BCUT2D eigenvalue weighted by molar-refractivity contribution is 0.588. The first-order chi connectivity index (χ1) is 8.51. The van der Waals surface area contributed by atoms with Gasteiger partial charge in [-0.3, -0.25) is 0 Å². The highest BCUT2D eigenvalue weighted by molar-refractivity contribution is 5.39. The van der Waals surface area contributed by atoms with Crippen LogP contribution in [0.4, 0.5) is 5.82 Å². The van der Waals surface area contributed by atoms with E-state index in [2.05, 4.69) is 62.4 Å². The van der Waals surface area contributed by atoms with Gasteiger partial charge in [0.1, 0.15) is 5.82 Å². The van der Waals surface area contributed by atoms with E-state index in [9.17, 15) is 0 Å². The van der Waals surface area contributed by atoms with Crippen LogP contribution in [0.2, 0.25) is 0 Å². The summed E-state index contributed by atoms with van der Waals surface area (Å²) >= 11 is 0. The summed E-state index contributed by atoms with van der Waals surface area (Å²) < 4.78 is 0.